The molecule has 0 aromatic heterocycles. The number of unbranched alkanes of at least 4 members (excludes halogenated alkanes) is 6. The third-order valence-corrected chi connectivity index (χ3v) is 8.12. The number of alkyl carbamates (subject to hydrolysis) is 1. The molecule has 15 nitrogen and oxygen atoms in total. The molecule has 1 N–H and O–H groups in total. The lowest BCUT2D eigenvalue weighted by molar-refractivity contribution is -0.0277. The molecule has 0 aliphatic rings. The van der Waals surface area contributed by atoms with Crippen LogP contribution in [0.4, 0.5) is 4.79 Å². The van der Waals surface area contributed by atoms with E-state index < -0.39 is 11.7 Å². The molecule has 1 rings (SSSR count). The van der Waals surface area contributed by atoms with E-state index in [1.54, 1.807) is 0 Å². The molecule has 1 amide bonds. The van der Waals surface area contributed by atoms with Gasteiger partial charge in [-0.1, -0.05) is 57.6 Å². The van der Waals surface area contributed by atoms with Crippen LogP contribution in [0.2, 0.25) is 0 Å². The second-order valence-corrected chi connectivity index (χ2v) is 14.5. The predicted octanol–water partition coefficient (Wildman–Crippen LogP) is 6.07. The first kappa shape index (κ1) is 54.9. The van der Waals surface area contributed by atoms with E-state index in [1.807, 2.05) is 20.8 Å². The largest absolute Gasteiger partial charge is 0.491 e. The Bertz CT molecular complexity index is 1010. The summed E-state index contributed by atoms with van der Waals surface area (Å²) in [6.45, 7) is 19.4. The molecular weight excluding hydrogens is 766 g/mol. The zero-order valence-corrected chi connectivity index (χ0v) is 37.2. The summed E-state index contributed by atoms with van der Waals surface area (Å²) in [5.74, 6) is 0.883. The molecule has 0 radical (unpaired) electrons. The molecule has 0 spiro atoms. The van der Waals surface area contributed by atoms with E-state index in [0.717, 1.165) is 12.2 Å². The van der Waals surface area contributed by atoms with Crippen molar-refractivity contribution in [2.45, 2.75) is 84.7 Å². The normalized spacial score (nSPS) is 11.7. The highest BCUT2D eigenvalue weighted by atomic mass is 16.6. The molecule has 0 heterocycles. The van der Waals surface area contributed by atoms with Crippen molar-refractivity contribution in [3.8, 4) is 5.75 Å². The summed E-state index contributed by atoms with van der Waals surface area (Å²) in [4.78, 5) is 11.5. The molecule has 0 atom stereocenters. The summed E-state index contributed by atoms with van der Waals surface area (Å²) in [5.41, 5.74) is 0.863. The summed E-state index contributed by atoms with van der Waals surface area (Å²) in [5, 5.41) is 2.63. The quantitative estimate of drug-likeness (QED) is 0.0758. The molecule has 1 aromatic carbocycles. The van der Waals surface area contributed by atoms with Gasteiger partial charge in [0.1, 0.15) is 18.0 Å². The van der Waals surface area contributed by atoms with E-state index in [2.05, 4.69) is 36.5 Å². The Labute approximate surface area is 355 Å². The maximum absolute atomic E-state index is 11.5. The fourth-order valence-corrected chi connectivity index (χ4v) is 5.10. The lowest BCUT2D eigenvalue weighted by atomic mass is 10.0. The Balaban J connectivity index is 1.68. The van der Waals surface area contributed by atoms with Crippen LogP contribution in [-0.2, 0) is 63.3 Å². The Morgan fingerprint density at radius 1 is 0.441 bits per heavy atom. The lowest BCUT2D eigenvalue weighted by Crippen LogP contribution is -2.34. The minimum absolute atomic E-state index is 0.382. The Morgan fingerprint density at radius 3 is 1.12 bits per heavy atom. The highest BCUT2D eigenvalue weighted by Gasteiger charge is 2.15. The lowest BCUT2D eigenvalue weighted by Gasteiger charge is -2.19. The number of carbonyl (C=O) groups excluding carboxylic acids is 1. The van der Waals surface area contributed by atoms with Gasteiger partial charge in [0.25, 0.3) is 0 Å². The number of benzene rings is 1. The molecule has 0 aliphatic heterocycles. The van der Waals surface area contributed by atoms with Crippen LogP contribution < -0.4 is 10.1 Å². The molecule has 15 heteroatoms. The van der Waals surface area contributed by atoms with Crippen molar-refractivity contribution < 1.29 is 66.4 Å². The van der Waals surface area contributed by atoms with Gasteiger partial charge in [0, 0.05) is 6.54 Å². The van der Waals surface area contributed by atoms with Crippen LogP contribution in [0.1, 0.15) is 78.2 Å². The van der Waals surface area contributed by atoms with Crippen LogP contribution in [0, 0.1) is 0 Å². The van der Waals surface area contributed by atoms with Gasteiger partial charge in [0.2, 0.25) is 0 Å². The Morgan fingerprint density at radius 2 is 0.763 bits per heavy atom. The standard InChI is InChI=1S/C44H81NO14/c1-5-6-7-8-9-10-11-12-41-13-15-42(16-14-41)58-40-39-57-38-37-56-36-35-55-34-33-54-32-31-53-30-29-52-28-27-51-26-25-50-24-23-49-22-21-48-20-19-47-18-17-45-43(46)59-44(2,3)4/h13-16H,5-12,17-40H2,1-4H3,(H,45,46). The number of rotatable bonds is 45. The van der Waals surface area contributed by atoms with E-state index in [1.165, 1.54) is 50.5 Å². The smallest absolute Gasteiger partial charge is 0.407 e. The second-order valence-electron chi connectivity index (χ2n) is 14.5. The first-order valence-corrected chi connectivity index (χ1v) is 21.9. The van der Waals surface area contributed by atoms with Crippen molar-refractivity contribution in [1.29, 1.82) is 0 Å². The number of ether oxygens (including phenoxy) is 13. The SMILES string of the molecule is CCCCCCCCCc1ccc(OCCOCCOCCOCCOCCOCCOCCOCCOCCOCCOCCOCCNC(=O)OC(C)(C)C)cc1. The minimum Gasteiger partial charge on any atom is -0.491 e. The van der Waals surface area contributed by atoms with E-state index in [-0.39, 0.29) is 0 Å². The van der Waals surface area contributed by atoms with Crippen molar-refractivity contribution in [3.05, 3.63) is 29.8 Å². The first-order valence-electron chi connectivity index (χ1n) is 21.9. The number of hydrogen-bond acceptors (Lipinski definition) is 14. The fourth-order valence-electron chi connectivity index (χ4n) is 5.10. The number of carbonyl (C=O) groups is 1. The number of nitrogens with one attached hydrogen (secondary N) is 1. The van der Waals surface area contributed by atoms with Gasteiger partial charge in [0.05, 0.1) is 145 Å². The van der Waals surface area contributed by atoms with Gasteiger partial charge in [-0.05, 0) is 51.3 Å². The highest BCUT2D eigenvalue weighted by molar-refractivity contribution is 5.67. The summed E-state index contributed by atoms with van der Waals surface area (Å²) < 4.78 is 71.5. The van der Waals surface area contributed by atoms with E-state index in [0.29, 0.717) is 159 Å². The Hall–Kier alpha value is -2.15. The molecule has 0 bridgehead atoms. The van der Waals surface area contributed by atoms with Crippen LogP contribution >= 0.6 is 0 Å². The third kappa shape index (κ3) is 42.3. The van der Waals surface area contributed by atoms with Gasteiger partial charge in [-0.15, -0.1) is 0 Å². The monoisotopic (exact) mass is 848 g/mol. The summed E-state index contributed by atoms with van der Waals surface area (Å²) in [7, 11) is 0. The first-order chi connectivity index (χ1) is 28.9. The van der Waals surface area contributed by atoms with Crippen molar-refractivity contribution in [2.24, 2.45) is 0 Å². The zero-order valence-electron chi connectivity index (χ0n) is 37.2. The molecule has 0 saturated carbocycles. The van der Waals surface area contributed by atoms with Crippen LogP contribution in [0.5, 0.6) is 5.75 Å². The molecular formula is C44H81NO14. The molecule has 1 aromatic rings. The van der Waals surface area contributed by atoms with Crippen molar-refractivity contribution in [2.75, 3.05) is 159 Å². The van der Waals surface area contributed by atoms with Crippen LogP contribution in [-0.4, -0.2) is 170 Å². The molecule has 0 aliphatic carbocycles. The van der Waals surface area contributed by atoms with E-state index in [9.17, 15) is 4.79 Å². The molecule has 59 heavy (non-hydrogen) atoms. The van der Waals surface area contributed by atoms with Gasteiger partial charge in [0.15, 0.2) is 0 Å². The van der Waals surface area contributed by atoms with E-state index >= 15 is 0 Å². The van der Waals surface area contributed by atoms with Gasteiger partial charge in [-0.2, -0.15) is 0 Å². The third-order valence-electron chi connectivity index (χ3n) is 8.12. The second kappa shape index (κ2) is 42.5. The van der Waals surface area contributed by atoms with Crippen molar-refractivity contribution in [3.63, 3.8) is 0 Å². The van der Waals surface area contributed by atoms with Crippen molar-refractivity contribution >= 4 is 6.09 Å². The fraction of sp³-hybridized carbons (Fsp3) is 0.841. The maximum atomic E-state index is 11.5. The number of aryl methyl sites for hydroxylation is 1. The van der Waals surface area contributed by atoms with Gasteiger partial charge >= 0.3 is 6.09 Å². The minimum atomic E-state index is -0.514. The topological polar surface area (TPSA) is 149 Å². The summed E-state index contributed by atoms with van der Waals surface area (Å²) in [6.07, 6.45) is 10.0. The average molecular weight is 848 g/mol. The average Bonchev–Trinajstić information content (AvgIpc) is 3.21. The van der Waals surface area contributed by atoms with Gasteiger partial charge < -0.3 is 66.9 Å². The summed E-state index contributed by atoms with van der Waals surface area (Å²) in [6, 6.07) is 8.44. The summed E-state index contributed by atoms with van der Waals surface area (Å²) >= 11 is 0. The zero-order chi connectivity index (χ0) is 42.6. The van der Waals surface area contributed by atoms with Crippen LogP contribution in [0.15, 0.2) is 24.3 Å². The molecule has 346 valence electrons. The molecule has 0 saturated heterocycles. The Kier molecular flexibility index (Phi) is 39.6. The number of amides is 1. The van der Waals surface area contributed by atoms with Gasteiger partial charge in [-0.3, -0.25) is 0 Å². The predicted molar refractivity (Wildman–Crippen MR) is 227 cm³/mol. The molecule has 0 fully saturated rings. The highest BCUT2D eigenvalue weighted by Crippen LogP contribution is 2.15. The van der Waals surface area contributed by atoms with E-state index in [4.69, 9.17) is 61.6 Å². The number of hydrogen-bond donors (Lipinski definition) is 1. The van der Waals surface area contributed by atoms with Crippen LogP contribution in [0.25, 0.3) is 0 Å². The van der Waals surface area contributed by atoms with Crippen molar-refractivity contribution in [1.82, 2.24) is 5.32 Å². The van der Waals surface area contributed by atoms with Crippen LogP contribution in [0.3, 0.4) is 0 Å². The van der Waals surface area contributed by atoms with Gasteiger partial charge in [-0.25, -0.2) is 4.79 Å². The maximum Gasteiger partial charge on any atom is 0.407 e. The molecule has 0 unspecified atom stereocenters.